The standard InChI is InChI=1S/C14H25BrN2O/c15-7-8-16-9-11-17(12-10-16)14(18)13-5-3-1-2-4-6-13/h13H,1-12H2. The topological polar surface area (TPSA) is 23.6 Å². The molecule has 0 aromatic rings. The van der Waals surface area contributed by atoms with Gasteiger partial charge in [0.05, 0.1) is 0 Å². The molecule has 0 unspecified atom stereocenters. The van der Waals surface area contributed by atoms with Gasteiger partial charge in [-0.3, -0.25) is 9.69 Å². The van der Waals surface area contributed by atoms with Gasteiger partial charge in [0, 0.05) is 44.0 Å². The molecule has 1 saturated carbocycles. The van der Waals surface area contributed by atoms with Crippen molar-refractivity contribution in [2.75, 3.05) is 38.1 Å². The van der Waals surface area contributed by atoms with Crippen molar-refractivity contribution >= 4 is 21.8 Å². The molecule has 2 rings (SSSR count). The van der Waals surface area contributed by atoms with Crippen LogP contribution >= 0.6 is 15.9 Å². The summed E-state index contributed by atoms with van der Waals surface area (Å²) in [5, 5.41) is 1.03. The van der Waals surface area contributed by atoms with E-state index in [1.165, 1.54) is 25.7 Å². The lowest BCUT2D eigenvalue weighted by Crippen LogP contribution is -2.50. The Kier molecular flexibility index (Phi) is 5.96. The first-order valence-electron chi connectivity index (χ1n) is 7.38. The van der Waals surface area contributed by atoms with Crippen LogP contribution in [0.1, 0.15) is 38.5 Å². The molecule has 4 heteroatoms. The zero-order chi connectivity index (χ0) is 12.8. The van der Waals surface area contributed by atoms with Crippen LogP contribution in [0.3, 0.4) is 0 Å². The van der Waals surface area contributed by atoms with E-state index in [1.54, 1.807) is 0 Å². The molecule has 0 bridgehead atoms. The Morgan fingerprint density at radius 2 is 1.61 bits per heavy atom. The molecule has 104 valence electrons. The highest BCUT2D eigenvalue weighted by molar-refractivity contribution is 9.09. The van der Waals surface area contributed by atoms with E-state index in [9.17, 15) is 4.79 Å². The number of alkyl halides is 1. The van der Waals surface area contributed by atoms with E-state index >= 15 is 0 Å². The maximum atomic E-state index is 12.5. The van der Waals surface area contributed by atoms with E-state index in [1.807, 2.05) is 0 Å². The van der Waals surface area contributed by atoms with Crippen molar-refractivity contribution in [1.82, 2.24) is 9.80 Å². The fourth-order valence-corrected chi connectivity index (χ4v) is 3.60. The fourth-order valence-electron chi connectivity index (χ4n) is 3.10. The van der Waals surface area contributed by atoms with Crippen molar-refractivity contribution in [3.05, 3.63) is 0 Å². The molecule has 1 heterocycles. The van der Waals surface area contributed by atoms with Crippen LogP contribution in [-0.4, -0.2) is 53.8 Å². The minimum absolute atomic E-state index is 0.329. The first kappa shape index (κ1) is 14.3. The first-order valence-corrected chi connectivity index (χ1v) is 8.50. The number of hydrogen-bond acceptors (Lipinski definition) is 2. The van der Waals surface area contributed by atoms with Gasteiger partial charge in [0.15, 0.2) is 0 Å². The van der Waals surface area contributed by atoms with Crippen LogP contribution in [0.4, 0.5) is 0 Å². The molecule has 0 radical (unpaired) electrons. The quantitative estimate of drug-likeness (QED) is 0.590. The van der Waals surface area contributed by atoms with E-state index in [-0.39, 0.29) is 0 Å². The second kappa shape index (κ2) is 7.49. The molecular weight excluding hydrogens is 292 g/mol. The average molecular weight is 317 g/mol. The Morgan fingerprint density at radius 3 is 2.17 bits per heavy atom. The summed E-state index contributed by atoms with van der Waals surface area (Å²) in [6.07, 6.45) is 7.40. The molecule has 1 amide bonds. The van der Waals surface area contributed by atoms with E-state index in [0.717, 1.165) is 50.9 Å². The molecule has 3 nitrogen and oxygen atoms in total. The Bertz CT molecular complexity index is 257. The van der Waals surface area contributed by atoms with Gasteiger partial charge in [-0.25, -0.2) is 0 Å². The van der Waals surface area contributed by atoms with Crippen LogP contribution in [-0.2, 0) is 4.79 Å². The molecular formula is C14H25BrN2O. The third-order valence-corrected chi connectivity index (χ3v) is 4.64. The molecule has 2 aliphatic rings. The highest BCUT2D eigenvalue weighted by atomic mass is 79.9. The number of carbonyl (C=O) groups excluding carboxylic acids is 1. The van der Waals surface area contributed by atoms with Crippen LogP contribution in [0.25, 0.3) is 0 Å². The SMILES string of the molecule is O=C(C1CCCCCC1)N1CCN(CCBr)CC1. The first-order chi connectivity index (χ1) is 8.81. The smallest absolute Gasteiger partial charge is 0.225 e. The van der Waals surface area contributed by atoms with Crippen LogP contribution in [0.15, 0.2) is 0 Å². The number of piperazine rings is 1. The fraction of sp³-hybridized carbons (Fsp3) is 0.929. The zero-order valence-corrected chi connectivity index (χ0v) is 12.8. The number of amides is 1. The van der Waals surface area contributed by atoms with Crippen molar-refractivity contribution in [1.29, 1.82) is 0 Å². The molecule has 0 aromatic heterocycles. The van der Waals surface area contributed by atoms with E-state index in [2.05, 4.69) is 25.7 Å². The molecule has 0 spiro atoms. The number of hydrogen-bond donors (Lipinski definition) is 0. The summed E-state index contributed by atoms with van der Waals surface area (Å²) < 4.78 is 0. The van der Waals surface area contributed by atoms with Crippen LogP contribution in [0, 0.1) is 5.92 Å². The molecule has 2 fully saturated rings. The third kappa shape index (κ3) is 3.95. The van der Waals surface area contributed by atoms with Gasteiger partial charge in [-0.2, -0.15) is 0 Å². The highest BCUT2D eigenvalue weighted by Gasteiger charge is 2.27. The predicted octanol–water partition coefficient (Wildman–Crippen LogP) is 2.50. The van der Waals surface area contributed by atoms with Gasteiger partial charge >= 0.3 is 0 Å². The highest BCUT2D eigenvalue weighted by Crippen LogP contribution is 2.25. The maximum Gasteiger partial charge on any atom is 0.225 e. The lowest BCUT2D eigenvalue weighted by atomic mass is 9.98. The summed E-state index contributed by atoms with van der Waals surface area (Å²) in [6.45, 7) is 5.06. The Hall–Kier alpha value is -0.0900. The summed E-state index contributed by atoms with van der Waals surface area (Å²) in [4.78, 5) is 17.0. The lowest BCUT2D eigenvalue weighted by molar-refractivity contribution is -0.137. The third-order valence-electron chi connectivity index (χ3n) is 4.29. The summed E-state index contributed by atoms with van der Waals surface area (Å²) in [5.74, 6) is 0.769. The van der Waals surface area contributed by atoms with Crippen LogP contribution < -0.4 is 0 Å². The summed E-state index contributed by atoms with van der Waals surface area (Å²) in [7, 11) is 0. The van der Waals surface area contributed by atoms with Crippen molar-refractivity contribution in [2.24, 2.45) is 5.92 Å². The minimum atomic E-state index is 0.329. The molecule has 1 aliphatic carbocycles. The summed E-state index contributed by atoms with van der Waals surface area (Å²) in [6, 6.07) is 0. The average Bonchev–Trinajstić information content (AvgIpc) is 2.68. The van der Waals surface area contributed by atoms with Crippen molar-refractivity contribution < 1.29 is 4.79 Å². The Balaban J connectivity index is 1.79. The Morgan fingerprint density at radius 1 is 1.00 bits per heavy atom. The second-order valence-electron chi connectivity index (χ2n) is 5.54. The van der Waals surface area contributed by atoms with Crippen LogP contribution in [0.5, 0.6) is 0 Å². The number of nitrogens with zero attached hydrogens (tertiary/aromatic N) is 2. The van der Waals surface area contributed by atoms with Gasteiger partial charge in [0.25, 0.3) is 0 Å². The largest absolute Gasteiger partial charge is 0.340 e. The van der Waals surface area contributed by atoms with Crippen LogP contribution in [0.2, 0.25) is 0 Å². The maximum absolute atomic E-state index is 12.5. The summed E-state index contributed by atoms with van der Waals surface area (Å²) >= 11 is 3.48. The normalized spacial score (nSPS) is 23.9. The summed E-state index contributed by atoms with van der Waals surface area (Å²) in [5.41, 5.74) is 0. The predicted molar refractivity (Wildman–Crippen MR) is 78.0 cm³/mol. The lowest BCUT2D eigenvalue weighted by Gasteiger charge is -2.36. The second-order valence-corrected chi connectivity index (χ2v) is 6.34. The van der Waals surface area contributed by atoms with Gasteiger partial charge in [0.2, 0.25) is 5.91 Å². The zero-order valence-electron chi connectivity index (χ0n) is 11.2. The van der Waals surface area contributed by atoms with E-state index < -0.39 is 0 Å². The molecule has 0 N–H and O–H groups in total. The molecule has 18 heavy (non-hydrogen) atoms. The van der Waals surface area contributed by atoms with Gasteiger partial charge < -0.3 is 4.90 Å². The molecule has 0 atom stereocenters. The minimum Gasteiger partial charge on any atom is -0.340 e. The number of halogens is 1. The van der Waals surface area contributed by atoms with E-state index in [4.69, 9.17) is 0 Å². The monoisotopic (exact) mass is 316 g/mol. The molecule has 1 saturated heterocycles. The van der Waals surface area contributed by atoms with Crippen molar-refractivity contribution in [3.63, 3.8) is 0 Å². The van der Waals surface area contributed by atoms with E-state index in [0.29, 0.717) is 11.8 Å². The van der Waals surface area contributed by atoms with Gasteiger partial charge in [-0.1, -0.05) is 41.6 Å². The number of rotatable bonds is 3. The molecule has 0 aromatic carbocycles. The van der Waals surface area contributed by atoms with Gasteiger partial charge in [-0.15, -0.1) is 0 Å². The van der Waals surface area contributed by atoms with Crippen molar-refractivity contribution in [3.8, 4) is 0 Å². The van der Waals surface area contributed by atoms with Gasteiger partial charge in [-0.05, 0) is 12.8 Å². The van der Waals surface area contributed by atoms with Crippen molar-refractivity contribution in [2.45, 2.75) is 38.5 Å². The molecule has 1 aliphatic heterocycles. The van der Waals surface area contributed by atoms with Gasteiger partial charge in [0.1, 0.15) is 0 Å². The number of carbonyl (C=O) groups is 1. The Labute approximate surface area is 119 Å².